The van der Waals surface area contributed by atoms with E-state index in [9.17, 15) is 4.79 Å². The fraction of sp³-hybridized carbons (Fsp3) is 0.600. The largest absolute Gasteiger partial charge is 0.355 e. The SMILES string of the molecule is O=C1CCCCC1n1cnc2c(N3CCCC3)nc(Cl)nc21. The van der Waals surface area contributed by atoms with Crippen LogP contribution in [0.25, 0.3) is 11.2 Å². The minimum atomic E-state index is -0.156. The lowest BCUT2D eigenvalue weighted by Crippen LogP contribution is -2.23. The lowest BCUT2D eigenvalue weighted by atomic mass is 9.94. The summed E-state index contributed by atoms with van der Waals surface area (Å²) in [4.78, 5) is 27.7. The van der Waals surface area contributed by atoms with Crippen LogP contribution in [0.2, 0.25) is 5.28 Å². The molecule has 0 aromatic carbocycles. The number of aromatic nitrogens is 4. The van der Waals surface area contributed by atoms with E-state index in [1.54, 1.807) is 6.33 Å². The molecule has 1 aliphatic carbocycles. The molecule has 1 atom stereocenters. The van der Waals surface area contributed by atoms with Crippen LogP contribution in [0.3, 0.4) is 0 Å². The van der Waals surface area contributed by atoms with Crippen LogP contribution in [0.4, 0.5) is 5.82 Å². The van der Waals surface area contributed by atoms with Gasteiger partial charge in [-0.05, 0) is 37.3 Å². The van der Waals surface area contributed by atoms with Crippen molar-refractivity contribution in [2.75, 3.05) is 18.0 Å². The first-order valence-corrected chi connectivity index (χ1v) is 8.29. The van der Waals surface area contributed by atoms with E-state index in [1.165, 1.54) is 0 Å². The lowest BCUT2D eigenvalue weighted by Gasteiger charge is -2.22. The van der Waals surface area contributed by atoms with Crippen LogP contribution < -0.4 is 4.90 Å². The van der Waals surface area contributed by atoms with Gasteiger partial charge >= 0.3 is 0 Å². The topological polar surface area (TPSA) is 63.9 Å². The monoisotopic (exact) mass is 319 g/mol. The zero-order chi connectivity index (χ0) is 15.1. The minimum absolute atomic E-state index is 0.156. The zero-order valence-electron chi connectivity index (χ0n) is 12.3. The van der Waals surface area contributed by atoms with Crippen molar-refractivity contribution in [3.8, 4) is 0 Å². The van der Waals surface area contributed by atoms with Gasteiger partial charge in [0.1, 0.15) is 0 Å². The Morgan fingerprint density at radius 3 is 2.73 bits per heavy atom. The van der Waals surface area contributed by atoms with Crippen LogP contribution in [-0.2, 0) is 4.79 Å². The molecule has 0 N–H and O–H groups in total. The van der Waals surface area contributed by atoms with Crippen LogP contribution in [0.1, 0.15) is 44.6 Å². The summed E-state index contributed by atoms with van der Waals surface area (Å²) in [5, 5.41) is 0.222. The van der Waals surface area contributed by atoms with Crippen molar-refractivity contribution in [1.82, 2.24) is 19.5 Å². The van der Waals surface area contributed by atoms with E-state index < -0.39 is 0 Å². The zero-order valence-corrected chi connectivity index (χ0v) is 13.1. The number of carbonyl (C=O) groups is 1. The van der Waals surface area contributed by atoms with Crippen molar-refractivity contribution in [3.05, 3.63) is 11.6 Å². The summed E-state index contributed by atoms with van der Waals surface area (Å²) in [5.74, 6) is 1.07. The molecule has 2 aromatic rings. The van der Waals surface area contributed by atoms with Crippen LogP contribution in [-0.4, -0.2) is 38.4 Å². The van der Waals surface area contributed by atoms with E-state index in [-0.39, 0.29) is 17.1 Å². The molecular weight excluding hydrogens is 302 g/mol. The molecule has 7 heteroatoms. The third kappa shape index (κ3) is 2.26. The molecule has 0 bridgehead atoms. The third-order valence-corrected chi connectivity index (χ3v) is 4.81. The predicted octanol–water partition coefficient (Wildman–Crippen LogP) is 2.76. The molecule has 0 spiro atoms. The van der Waals surface area contributed by atoms with Gasteiger partial charge in [-0.25, -0.2) is 4.98 Å². The highest BCUT2D eigenvalue weighted by molar-refractivity contribution is 6.28. The third-order valence-electron chi connectivity index (χ3n) is 4.64. The summed E-state index contributed by atoms with van der Waals surface area (Å²) < 4.78 is 1.89. The number of anilines is 1. The number of carbonyl (C=O) groups excluding carboxylic acids is 1. The lowest BCUT2D eigenvalue weighted by molar-refractivity contribution is -0.123. The van der Waals surface area contributed by atoms with Gasteiger partial charge in [-0.1, -0.05) is 6.42 Å². The fourth-order valence-corrected chi connectivity index (χ4v) is 3.67. The summed E-state index contributed by atoms with van der Waals surface area (Å²) in [5.41, 5.74) is 1.44. The number of fused-ring (bicyclic) bond motifs is 1. The molecule has 4 rings (SSSR count). The molecule has 6 nitrogen and oxygen atoms in total. The molecule has 1 aliphatic heterocycles. The smallest absolute Gasteiger partial charge is 0.226 e. The number of hydrogen-bond donors (Lipinski definition) is 0. The van der Waals surface area contributed by atoms with E-state index in [4.69, 9.17) is 11.6 Å². The Labute approximate surface area is 133 Å². The molecule has 1 saturated carbocycles. The first-order chi connectivity index (χ1) is 10.7. The standard InChI is InChI=1S/C15H18ClN5O/c16-15-18-13(20-7-3-4-8-20)12-14(19-15)21(9-17-12)10-5-1-2-6-11(10)22/h9-10H,1-8H2. The quantitative estimate of drug-likeness (QED) is 0.796. The first-order valence-electron chi connectivity index (χ1n) is 7.92. The van der Waals surface area contributed by atoms with Gasteiger partial charge in [0.25, 0.3) is 0 Å². The van der Waals surface area contributed by atoms with Gasteiger partial charge < -0.3 is 9.47 Å². The van der Waals surface area contributed by atoms with Crippen molar-refractivity contribution in [2.24, 2.45) is 0 Å². The van der Waals surface area contributed by atoms with Gasteiger partial charge in [-0.2, -0.15) is 9.97 Å². The summed E-state index contributed by atoms with van der Waals surface area (Å²) in [6, 6.07) is -0.156. The molecule has 1 saturated heterocycles. The van der Waals surface area contributed by atoms with E-state index in [0.29, 0.717) is 12.1 Å². The van der Waals surface area contributed by atoms with E-state index in [1.807, 2.05) is 4.57 Å². The normalized spacial score (nSPS) is 22.7. The number of imidazole rings is 1. The second-order valence-corrected chi connectivity index (χ2v) is 6.40. The number of rotatable bonds is 2. The van der Waals surface area contributed by atoms with Crippen LogP contribution in [0.15, 0.2) is 6.33 Å². The highest BCUT2D eigenvalue weighted by Crippen LogP contribution is 2.32. The Kier molecular flexibility index (Phi) is 3.48. The van der Waals surface area contributed by atoms with Gasteiger partial charge in [-0.15, -0.1) is 0 Å². The number of ketones is 1. The van der Waals surface area contributed by atoms with Gasteiger partial charge in [-0.3, -0.25) is 4.79 Å². The second-order valence-electron chi connectivity index (χ2n) is 6.06. The molecule has 0 amide bonds. The van der Waals surface area contributed by atoms with Crippen molar-refractivity contribution in [3.63, 3.8) is 0 Å². The number of halogens is 1. The van der Waals surface area contributed by atoms with Crippen molar-refractivity contribution >= 4 is 34.4 Å². The molecule has 2 aliphatic rings. The Balaban J connectivity index is 1.82. The maximum atomic E-state index is 12.2. The van der Waals surface area contributed by atoms with E-state index in [2.05, 4.69) is 19.9 Å². The molecular formula is C15H18ClN5O. The van der Waals surface area contributed by atoms with Gasteiger partial charge in [0, 0.05) is 19.5 Å². The summed E-state index contributed by atoms with van der Waals surface area (Å²) in [6.07, 6.45) is 7.58. The minimum Gasteiger partial charge on any atom is -0.355 e. The Morgan fingerprint density at radius 1 is 1.14 bits per heavy atom. The molecule has 22 heavy (non-hydrogen) atoms. The van der Waals surface area contributed by atoms with E-state index in [0.717, 1.165) is 56.5 Å². The second kappa shape index (κ2) is 5.50. The molecule has 3 heterocycles. The van der Waals surface area contributed by atoms with Gasteiger partial charge in [0.15, 0.2) is 22.8 Å². The van der Waals surface area contributed by atoms with Gasteiger partial charge in [0.05, 0.1) is 12.4 Å². The highest BCUT2D eigenvalue weighted by Gasteiger charge is 2.28. The van der Waals surface area contributed by atoms with Crippen LogP contribution in [0.5, 0.6) is 0 Å². The first kappa shape index (κ1) is 13.9. The van der Waals surface area contributed by atoms with Crippen molar-refractivity contribution in [1.29, 1.82) is 0 Å². The fourth-order valence-electron chi connectivity index (χ4n) is 3.51. The average molecular weight is 320 g/mol. The molecule has 2 fully saturated rings. The maximum Gasteiger partial charge on any atom is 0.226 e. The van der Waals surface area contributed by atoms with Crippen molar-refractivity contribution < 1.29 is 4.79 Å². The summed E-state index contributed by atoms with van der Waals surface area (Å²) in [7, 11) is 0. The van der Waals surface area contributed by atoms with Crippen LogP contribution >= 0.6 is 11.6 Å². The molecule has 0 radical (unpaired) electrons. The summed E-state index contributed by atoms with van der Waals surface area (Å²) in [6.45, 7) is 1.94. The maximum absolute atomic E-state index is 12.2. The van der Waals surface area contributed by atoms with Crippen LogP contribution in [0, 0.1) is 0 Å². The Morgan fingerprint density at radius 2 is 1.95 bits per heavy atom. The van der Waals surface area contributed by atoms with E-state index >= 15 is 0 Å². The number of hydrogen-bond acceptors (Lipinski definition) is 5. The highest BCUT2D eigenvalue weighted by atomic mass is 35.5. The Hall–Kier alpha value is -1.69. The summed E-state index contributed by atoms with van der Waals surface area (Å²) >= 11 is 6.13. The molecule has 1 unspecified atom stereocenters. The predicted molar refractivity (Wildman–Crippen MR) is 84.3 cm³/mol. The van der Waals surface area contributed by atoms with Crippen molar-refractivity contribution in [2.45, 2.75) is 44.6 Å². The Bertz CT molecular complexity index is 722. The van der Waals surface area contributed by atoms with Gasteiger partial charge in [0.2, 0.25) is 5.28 Å². The molecule has 116 valence electrons. The average Bonchev–Trinajstić information content (AvgIpc) is 3.16. The number of Topliss-reactive ketones (excluding diaryl/α,β-unsaturated/α-hetero) is 1. The molecule has 2 aromatic heterocycles. The number of nitrogens with zero attached hydrogens (tertiary/aromatic N) is 5.